The number of rotatable bonds is 4. The van der Waals surface area contributed by atoms with Crippen LogP contribution < -0.4 is 11.3 Å². The Balaban J connectivity index is 1.87. The predicted octanol–water partition coefficient (Wildman–Crippen LogP) is 0.893. The van der Waals surface area contributed by atoms with Crippen molar-refractivity contribution in [3.63, 3.8) is 0 Å². The molecule has 0 atom stereocenters. The highest BCUT2D eigenvalue weighted by molar-refractivity contribution is 5.35. The van der Waals surface area contributed by atoms with E-state index in [2.05, 4.69) is 40.1 Å². The van der Waals surface area contributed by atoms with Gasteiger partial charge in [0.05, 0.1) is 0 Å². The Hall–Kier alpha value is -1.17. The van der Waals surface area contributed by atoms with E-state index in [0.29, 0.717) is 6.04 Å². The first-order valence-electron chi connectivity index (χ1n) is 6.57. The topological polar surface area (TPSA) is 57.4 Å². The van der Waals surface area contributed by atoms with Crippen LogP contribution in [0.25, 0.3) is 0 Å². The molecule has 1 aromatic rings. The van der Waals surface area contributed by atoms with Crippen LogP contribution >= 0.6 is 0 Å². The first kappa shape index (κ1) is 13.3. The monoisotopic (exact) mass is 249 g/mol. The van der Waals surface area contributed by atoms with E-state index in [4.69, 9.17) is 5.84 Å². The number of hydrogen-bond acceptors (Lipinski definition) is 5. The highest BCUT2D eigenvalue weighted by atomic mass is 15.3. The van der Waals surface area contributed by atoms with Crippen LogP contribution in [0.4, 0.5) is 5.82 Å². The maximum atomic E-state index is 5.37. The lowest BCUT2D eigenvalue weighted by molar-refractivity contribution is 0.104. The van der Waals surface area contributed by atoms with E-state index in [9.17, 15) is 0 Å². The zero-order valence-corrected chi connectivity index (χ0v) is 11.3. The van der Waals surface area contributed by atoms with Gasteiger partial charge in [-0.1, -0.05) is 0 Å². The Morgan fingerprint density at radius 2 is 2.06 bits per heavy atom. The van der Waals surface area contributed by atoms with E-state index >= 15 is 0 Å². The molecule has 18 heavy (non-hydrogen) atoms. The lowest BCUT2D eigenvalue weighted by Crippen LogP contribution is -2.48. The molecule has 0 unspecified atom stereocenters. The molecular weight excluding hydrogens is 226 g/mol. The van der Waals surface area contributed by atoms with Crippen LogP contribution in [0.2, 0.25) is 0 Å². The summed E-state index contributed by atoms with van der Waals surface area (Å²) in [5, 5.41) is 0. The van der Waals surface area contributed by atoms with Gasteiger partial charge in [0.25, 0.3) is 0 Å². The lowest BCUT2D eigenvalue weighted by atomic mass is 10.2. The van der Waals surface area contributed by atoms with Crippen molar-refractivity contribution in [2.24, 2.45) is 5.84 Å². The molecule has 0 spiro atoms. The Labute approximate surface area is 109 Å². The third-order valence-corrected chi connectivity index (χ3v) is 3.52. The van der Waals surface area contributed by atoms with Crippen LogP contribution in [0.3, 0.4) is 0 Å². The summed E-state index contributed by atoms with van der Waals surface area (Å²) in [5.74, 6) is 6.10. The normalized spacial score (nSPS) is 18.2. The van der Waals surface area contributed by atoms with Crippen LogP contribution in [0.15, 0.2) is 18.3 Å². The number of nitrogens with one attached hydrogen (secondary N) is 1. The number of aromatic nitrogens is 1. The Morgan fingerprint density at radius 1 is 1.33 bits per heavy atom. The zero-order chi connectivity index (χ0) is 13.0. The molecule has 0 radical (unpaired) electrons. The second-order valence-corrected chi connectivity index (χ2v) is 5.10. The highest BCUT2D eigenvalue weighted by Gasteiger charge is 2.18. The maximum absolute atomic E-state index is 5.37. The van der Waals surface area contributed by atoms with Crippen LogP contribution in [0.1, 0.15) is 19.4 Å². The molecule has 1 aromatic heterocycles. The van der Waals surface area contributed by atoms with E-state index in [1.165, 1.54) is 5.56 Å². The minimum Gasteiger partial charge on any atom is -0.308 e. The Kier molecular flexibility index (Phi) is 4.52. The molecular formula is C13H23N5. The van der Waals surface area contributed by atoms with E-state index in [1.807, 2.05) is 6.07 Å². The van der Waals surface area contributed by atoms with Gasteiger partial charge < -0.3 is 5.43 Å². The van der Waals surface area contributed by atoms with Gasteiger partial charge in [-0.05, 0) is 31.5 Å². The minimum absolute atomic E-state index is 0.654. The van der Waals surface area contributed by atoms with Crippen molar-refractivity contribution in [2.75, 3.05) is 31.6 Å². The average Bonchev–Trinajstić information content (AvgIpc) is 2.39. The summed E-state index contributed by atoms with van der Waals surface area (Å²) in [6, 6.07) is 4.71. The highest BCUT2D eigenvalue weighted by Crippen LogP contribution is 2.12. The number of nitrogen functional groups attached to an aromatic ring is 1. The quantitative estimate of drug-likeness (QED) is 0.613. The van der Waals surface area contributed by atoms with Crippen molar-refractivity contribution in [3.8, 4) is 0 Å². The van der Waals surface area contributed by atoms with Crippen LogP contribution in [-0.4, -0.2) is 47.0 Å². The molecule has 5 nitrogen and oxygen atoms in total. The smallest absolute Gasteiger partial charge is 0.140 e. The molecule has 2 heterocycles. The third-order valence-electron chi connectivity index (χ3n) is 3.52. The standard InChI is InChI=1S/C13H23N5/c1-11(2)18-7-5-17(6-8-18)10-12-3-4-15-13(9-12)16-14/h3-4,9,11H,5-8,10,14H2,1-2H3,(H,15,16). The zero-order valence-electron chi connectivity index (χ0n) is 11.3. The summed E-state index contributed by atoms with van der Waals surface area (Å²) < 4.78 is 0. The number of piperazine rings is 1. The SMILES string of the molecule is CC(C)N1CCN(Cc2ccnc(NN)c2)CC1. The number of hydrogen-bond donors (Lipinski definition) is 2. The molecule has 0 saturated carbocycles. The predicted molar refractivity (Wildman–Crippen MR) is 74.0 cm³/mol. The molecule has 5 heteroatoms. The molecule has 3 N–H and O–H groups in total. The van der Waals surface area contributed by atoms with Gasteiger partial charge >= 0.3 is 0 Å². The number of pyridine rings is 1. The maximum Gasteiger partial charge on any atom is 0.140 e. The second kappa shape index (κ2) is 6.13. The number of hydrazine groups is 1. The lowest BCUT2D eigenvalue weighted by Gasteiger charge is -2.36. The molecule has 0 bridgehead atoms. The Morgan fingerprint density at radius 3 is 2.67 bits per heavy atom. The van der Waals surface area contributed by atoms with Gasteiger partial charge in [0.2, 0.25) is 0 Å². The average molecular weight is 249 g/mol. The summed E-state index contributed by atoms with van der Waals surface area (Å²) in [4.78, 5) is 9.13. The van der Waals surface area contributed by atoms with Crippen molar-refractivity contribution in [2.45, 2.75) is 26.4 Å². The molecule has 1 aliphatic rings. The largest absolute Gasteiger partial charge is 0.308 e. The minimum atomic E-state index is 0.654. The molecule has 100 valence electrons. The van der Waals surface area contributed by atoms with E-state index in [-0.39, 0.29) is 0 Å². The van der Waals surface area contributed by atoms with Gasteiger partial charge in [-0.25, -0.2) is 10.8 Å². The Bertz CT molecular complexity index is 371. The molecule has 0 amide bonds. The fraction of sp³-hybridized carbons (Fsp3) is 0.615. The van der Waals surface area contributed by atoms with Gasteiger partial charge in [0.15, 0.2) is 0 Å². The van der Waals surface area contributed by atoms with Crippen molar-refractivity contribution < 1.29 is 0 Å². The molecule has 0 aliphatic carbocycles. The summed E-state index contributed by atoms with van der Waals surface area (Å²) in [6.45, 7) is 10.1. The van der Waals surface area contributed by atoms with Crippen molar-refractivity contribution in [3.05, 3.63) is 23.9 Å². The fourth-order valence-electron chi connectivity index (χ4n) is 2.35. The molecule has 1 saturated heterocycles. The number of anilines is 1. The van der Waals surface area contributed by atoms with Gasteiger partial charge in [0.1, 0.15) is 5.82 Å². The van der Waals surface area contributed by atoms with E-state index < -0.39 is 0 Å². The van der Waals surface area contributed by atoms with Gasteiger partial charge in [-0.2, -0.15) is 0 Å². The molecule has 1 fully saturated rings. The summed E-state index contributed by atoms with van der Waals surface area (Å²) in [5.41, 5.74) is 3.85. The summed E-state index contributed by atoms with van der Waals surface area (Å²) in [7, 11) is 0. The van der Waals surface area contributed by atoms with Crippen LogP contribution in [0, 0.1) is 0 Å². The third kappa shape index (κ3) is 3.41. The fourth-order valence-corrected chi connectivity index (χ4v) is 2.35. The van der Waals surface area contributed by atoms with Crippen molar-refractivity contribution >= 4 is 5.82 Å². The number of nitrogens with zero attached hydrogens (tertiary/aromatic N) is 3. The summed E-state index contributed by atoms with van der Waals surface area (Å²) in [6.07, 6.45) is 1.80. The molecule has 1 aliphatic heterocycles. The second-order valence-electron chi connectivity index (χ2n) is 5.10. The van der Waals surface area contributed by atoms with Gasteiger partial charge in [-0.15, -0.1) is 0 Å². The van der Waals surface area contributed by atoms with E-state index in [0.717, 1.165) is 38.5 Å². The van der Waals surface area contributed by atoms with Gasteiger partial charge in [0, 0.05) is 45.0 Å². The molecule has 0 aromatic carbocycles. The number of nitrogens with two attached hydrogens (primary N) is 1. The van der Waals surface area contributed by atoms with Crippen LogP contribution in [-0.2, 0) is 6.54 Å². The summed E-state index contributed by atoms with van der Waals surface area (Å²) >= 11 is 0. The van der Waals surface area contributed by atoms with Crippen molar-refractivity contribution in [1.29, 1.82) is 0 Å². The van der Waals surface area contributed by atoms with Gasteiger partial charge in [-0.3, -0.25) is 9.80 Å². The van der Waals surface area contributed by atoms with Crippen LogP contribution in [0.5, 0.6) is 0 Å². The first-order chi connectivity index (χ1) is 8.69. The first-order valence-corrected chi connectivity index (χ1v) is 6.57. The molecule has 2 rings (SSSR count). The van der Waals surface area contributed by atoms with Crippen molar-refractivity contribution in [1.82, 2.24) is 14.8 Å². The van der Waals surface area contributed by atoms with E-state index in [1.54, 1.807) is 6.20 Å².